The highest BCUT2D eigenvalue weighted by molar-refractivity contribution is 8.03. The Kier molecular flexibility index (Phi) is 7.85. The van der Waals surface area contributed by atoms with Gasteiger partial charge in [0.05, 0.1) is 0 Å². The third-order valence-corrected chi connectivity index (χ3v) is 5.39. The number of hydrogen-bond acceptors (Lipinski definition) is 4. The van der Waals surface area contributed by atoms with Crippen LogP contribution in [-0.4, -0.2) is 5.21 Å². The summed E-state index contributed by atoms with van der Waals surface area (Å²) in [6.07, 6.45) is 0. The molecule has 4 nitrogen and oxygen atoms in total. The molecule has 0 amide bonds. The molecule has 0 bridgehead atoms. The van der Waals surface area contributed by atoms with E-state index in [1.54, 1.807) is 0 Å². The second-order valence-electron chi connectivity index (χ2n) is 5.44. The van der Waals surface area contributed by atoms with Crippen molar-refractivity contribution in [3.63, 3.8) is 0 Å². The highest BCUT2D eigenvalue weighted by Gasteiger charge is 2.22. The first-order valence-electron chi connectivity index (χ1n) is 7.55. The van der Waals surface area contributed by atoms with Crippen LogP contribution >= 0.6 is 46.6 Å². The summed E-state index contributed by atoms with van der Waals surface area (Å²) in [5, 5.41) is 23.6. The minimum Gasteiger partial charge on any atom is -0.595 e. The van der Waals surface area contributed by atoms with Crippen molar-refractivity contribution in [3.8, 4) is 0 Å². The molecule has 2 aromatic carbocycles. The van der Waals surface area contributed by atoms with Crippen LogP contribution in [0.3, 0.4) is 0 Å². The molecule has 0 fully saturated rings. The van der Waals surface area contributed by atoms with Crippen LogP contribution in [0.5, 0.6) is 0 Å². The van der Waals surface area contributed by atoms with Crippen molar-refractivity contribution in [2.45, 2.75) is 18.7 Å². The van der Waals surface area contributed by atoms with E-state index in [0.717, 1.165) is 21.7 Å². The first kappa shape index (κ1) is 21.1. The van der Waals surface area contributed by atoms with Crippen LogP contribution in [0.1, 0.15) is 11.1 Å². The lowest BCUT2D eigenvalue weighted by Crippen LogP contribution is -3.03. The van der Waals surface area contributed by atoms with Crippen molar-refractivity contribution in [1.82, 2.24) is 0 Å². The number of thioether (sulfide) groups is 1. The fourth-order valence-electron chi connectivity index (χ4n) is 2.21. The molecule has 0 heterocycles. The highest BCUT2D eigenvalue weighted by atomic mass is 35.5. The number of anilines is 1. The zero-order valence-corrected chi connectivity index (χ0v) is 17.1. The predicted molar refractivity (Wildman–Crippen MR) is 110 cm³/mol. The van der Waals surface area contributed by atoms with E-state index in [2.05, 4.69) is 5.32 Å². The van der Waals surface area contributed by atoms with E-state index in [0.29, 0.717) is 5.03 Å². The molecule has 0 saturated carbocycles. The molecule has 8 heteroatoms. The second kappa shape index (κ2) is 9.67. The number of hydroxylamine groups is 2. The predicted octanol–water partition coefficient (Wildman–Crippen LogP) is 5.33. The lowest BCUT2D eigenvalue weighted by molar-refractivity contribution is -1.01. The van der Waals surface area contributed by atoms with Gasteiger partial charge in [0, 0.05) is 10.6 Å². The molecule has 0 aliphatic carbocycles. The third-order valence-electron chi connectivity index (χ3n) is 3.42. The minimum atomic E-state index is -1.23. The van der Waals surface area contributed by atoms with Crippen molar-refractivity contribution in [2.24, 2.45) is 0 Å². The number of aryl methyl sites for hydroxylation is 2. The summed E-state index contributed by atoms with van der Waals surface area (Å²) in [6.45, 7) is 3.92. The largest absolute Gasteiger partial charge is 0.595 e. The Labute approximate surface area is 171 Å². The SMILES string of the molecule is Cc1ccc(N/C(Sc2ccccc2)=C(/C(Cl)=C(Cl)Cl)[NH+]([O-])O)c(C)c1. The fourth-order valence-corrected chi connectivity index (χ4v) is 3.61. The van der Waals surface area contributed by atoms with Crippen LogP contribution in [0, 0.1) is 19.1 Å². The molecule has 3 N–H and O–H groups in total. The summed E-state index contributed by atoms with van der Waals surface area (Å²) in [4.78, 5) is 0.841. The Morgan fingerprint density at radius 1 is 1.08 bits per heavy atom. The molecule has 26 heavy (non-hydrogen) atoms. The summed E-state index contributed by atoms with van der Waals surface area (Å²) in [6, 6.07) is 15.2. The van der Waals surface area contributed by atoms with E-state index in [-0.39, 0.29) is 15.2 Å². The third kappa shape index (κ3) is 5.66. The van der Waals surface area contributed by atoms with Crippen LogP contribution in [0.25, 0.3) is 0 Å². The van der Waals surface area contributed by atoms with Crippen LogP contribution in [0.15, 0.2) is 73.7 Å². The monoisotopic (exact) mass is 430 g/mol. The Morgan fingerprint density at radius 2 is 1.73 bits per heavy atom. The maximum Gasteiger partial charge on any atom is 0.215 e. The molecule has 138 valence electrons. The van der Waals surface area contributed by atoms with Crippen LogP contribution in [0.4, 0.5) is 5.69 Å². The molecule has 2 rings (SSSR count). The summed E-state index contributed by atoms with van der Waals surface area (Å²) in [5.74, 6) is 0. The summed E-state index contributed by atoms with van der Waals surface area (Å²) >= 11 is 18.8. The molecule has 1 unspecified atom stereocenters. The number of halogens is 3. The number of rotatable bonds is 6. The molecule has 2 aromatic rings. The van der Waals surface area contributed by atoms with Gasteiger partial charge in [-0.15, -0.1) is 0 Å². The van der Waals surface area contributed by atoms with E-state index in [9.17, 15) is 10.4 Å². The average molecular weight is 432 g/mol. The van der Waals surface area contributed by atoms with Crippen molar-refractivity contribution in [2.75, 3.05) is 5.32 Å². The van der Waals surface area contributed by atoms with E-state index in [1.807, 2.05) is 62.4 Å². The van der Waals surface area contributed by atoms with Crippen LogP contribution in [0.2, 0.25) is 0 Å². The molecule has 0 saturated heterocycles. The maximum absolute atomic E-state index is 11.9. The van der Waals surface area contributed by atoms with Gasteiger partial charge >= 0.3 is 0 Å². The number of benzene rings is 2. The first-order chi connectivity index (χ1) is 12.3. The van der Waals surface area contributed by atoms with E-state index < -0.39 is 5.23 Å². The Balaban J connectivity index is 2.56. The smallest absolute Gasteiger partial charge is 0.215 e. The quantitative estimate of drug-likeness (QED) is 0.328. The molecule has 0 aromatic heterocycles. The standard InChI is InChI=1S/C18H17Cl3N2O2S/c1-11-8-9-14(12(2)10-11)22-18(26-13-6-4-3-5-7-13)16(23(24)25)15(19)17(20)21/h3-10,22-24H,1-2H3/b18-16+. The van der Waals surface area contributed by atoms with Gasteiger partial charge in [-0.2, -0.15) is 5.23 Å². The van der Waals surface area contributed by atoms with Gasteiger partial charge in [0.2, 0.25) is 5.70 Å². The first-order valence-corrected chi connectivity index (χ1v) is 9.50. The van der Waals surface area contributed by atoms with Crippen molar-refractivity contribution in [1.29, 1.82) is 0 Å². The minimum absolute atomic E-state index is 0.194. The van der Waals surface area contributed by atoms with Gasteiger partial charge < -0.3 is 10.5 Å². The molecular formula is C18H17Cl3N2O2S. The lowest BCUT2D eigenvalue weighted by atomic mass is 10.1. The van der Waals surface area contributed by atoms with Crippen molar-refractivity contribution >= 4 is 52.3 Å². The zero-order chi connectivity index (χ0) is 19.3. The second-order valence-corrected chi connectivity index (χ2v) is 7.85. The Bertz CT molecular complexity index is 836. The zero-order valence-electron chi connectivity index (χ0n) is 14.0. The van der Waals surface area contributed by atoms with Crippen molar-refractivity contribution < 1.29 is 10.4 Å². The number of nitrogens with one attached hydrogen (secondary N) is 2. The highest BCUT2D eigenvalue weighted by Crippen LogP contribution is 2.34. The topological polar surface area (TPSA) is 59.8 Å². The van der Waals surface area contributed by atoms with E-state index in [4.69, 9.17) is 34.8 Å². The molecular weight excluding hydrogens is 415 g/mol. The summed E-state index contributed by atoms with van der Waals surface area (Å²) in [5.41, 5.74) is 2.65. The van der Waals surface area contributed by atoms with Gasteiger partial charge in [-0.1, -0.05) is 82.5 Å². The van der Waals surface area contributed by atoms with Gasteiger partial charge in [-0.25, -0.2) is 5.21 Å². The fraction of sp³-hybridized carbons (Fsp3) is 0.111. The number of hydrogen-bond donors (Lipinski definition) is 3. The average Bonchev–Trinajstić information content (AvgIpc) is 2.57. The Morgan fingerprint density at radius 3 is 2.27 bits per heavy atom. The molecule has 0 aliphatic rings. The summed E-state index contributed by atoms with van der Waals surface area (Å²) in [7, 11) is 0. The van der Waals surface area contributed by atoms with Crippen LogP contribution < -0.4 is 10.5 Å². The number of quaternary nitrogens is 1. The van der Waals surface area contributed by atoms with E-state index >= 15 is 0 Å². The molecule has 0 spiro atoms. The molecule has 0 radical (unpaired) electrons. The van der Waals surface area contributed by atoms with Gasteiger partial charge in [-0.3, -0.25) is 0 Å². The number of allylic oxidation sites excluding steroid dienone is 1. The maximum atomic E-state index is 11.9. The van der Waals surface area contributed by atoms with Gasteiger partial charge in [0.25, 0.3) is 0 Å². The van der Waals surface area contributed by atoms with Crippen LogP contribution in [-0.2, 0) is 0 Å². The molecule has 1 atom stereocenters. The summed E-state index contributed by atoms with van der Waals surface area (Å²) < 4.78 is -0.308. The van der Waals surface area contributed by atoms with E-state index in [1.165, 1.54) is 11.8 Å². The lowest BCUT2D eigenvalue weighted by Gasteiger charge is -2.21. The molecule has 0 aliphatic heterocycles. The normalized spacial score (nSPS) is 13.0. The van der Waals surface area contributed by atoms with Crippen molar-refractivity contribution in [3.05, 3.63) is 85.1 Å². The van der Waals surface area contributed by atoms with Gasteiger partial charge in [0.1, 0.15) is 14.6 Å². The van der Waals surface area contributed by atoms with Gasteiger partial charge in [-0.05, 0) is 37.6 Å². The van der Waals surface area contributed by atoms with Gasteiger partial charge in [0.15, 0.2) is 0 Å². The Hall–Kier alpha value is -1.18.